The van der Waals surface area contributed by atoms with Crippen molar-refractivity contribution in [1.82, 2.24) is 5.32 Å². The summed E-state index contributed by atoms with van der Waals surface area (Å²) in [4.78, 5) is 22.1. The Morgan fingerprint density at radius 3 is 2.58 bits per heavy atom. The first-order valence-corrected chi connectivity index (χ1v) is 6.87. The number of carboxylic acid groups (broad SMARTS) is 1. The lowest BCUT2D eigenvalue weighted by Crippen LogP contribution is -2.40. The van der Waals surface area contributed by atoms with Gasteiger partial charge in [-0.15, -0.1) is 6.58 Å². The molecular formula is C14H26N2O3. The second kappa shape index (κ2) is 10.6. The van der Waals surface area contributed by atoms with Crippen molar-refractivity contribution >= 4 is 11.9 Å². The average molecular weight is 270 g/mol. The van der Waals surface area contributed by atoms with Gasteiger partial charge in [0.05, 0.1) is 6.04 Å². The molecule has 0 saturated heterocycles. The molecule has 0 fully saturated rings. The second-order valence-electron chi connectivity index (χ2n) is 4.80. The summed E-state index contributed by atoms with van der Waals surface area (Å²) in [5, 5.41) is 11.5. The molecular weight excluding hydrogens is 244 g/mol. The predicted molar refractivity (Wildman–Crippen MR) is 75.7 cm³/mol. The van der Waals surface area contributed by atoms with E-state index in [4.69, 9.17) is 10.8 Å². The summed E-state index contributed by atoms with van der Waals surface area (Å²) < 4.78 is 0. The van der Waals surface area contributed by atoms with Crippen LogP contribution in [0.3, 0.4) is 0 Å². The number of hydrogen-bond acceptors (Lipinski definition) is 3. The Morgan fingerprint density at radius 1 is 1.37 bits per heavy atom. The van der Waals surface area contributed by atoms with Gasteiger partial charge in [0.25, 0.3) is 0 Å². The van der Waals surface area contributed by atoms with Crippen LogP contribution in [0, 0.1) is 5.92 Å². The number of aliphatic carboxylic acids is 1. The number of rotatable bonds is 11. The van der Waals surface area contributed by atoms with E-state index in [-0.39, 0.29) is 12.3 Å². The van der Waals surface area contributed by atoms with Crippen LogP contribution in [-0.4, -0.2) is 29.6 Å². The van der Waals surface area contributed by atoms with E-state index in [1.54, 1.807) is 6.08 Å². The van der Waals surface area contributed by atoms with Crippen molar-refractivity contribution in [2.24, 2.45) is 11.7 Å². The van der Waals surface area contributed by atoms with E-state index in [1.165, 1.54) is 0 Å². The first kappa shape index (κ1) is 17.6. The standard InChI is InChI=1S/C14H26N2O3/c1-3-5-11(7-8-13(17)18)9-10-16-14(19)12(15)6-4-2/h4,11-12H,2-3,5-10,15H2,1H3,(H,16,19)(H,17,18). The van der Waals surface area contributed by atoms with Crippen molar-refractivity contribution in [1.29, 1.82) is 0 Å². The average Bonchev–Trinajstić information content (AvgIpc) is 2.35. The molecule has 0 radical (unpaired) electrons. The number of carbonyl (C=O) groups is 2. The SMILES string of the molecule is C=CCC(N)C(=O)NCCC(CCC)CCC(=O)O. The van der Waals surface area contributed by atoms with Gasteiger partial charge in [0.15, 0.2) is 0 Å². The Kier molecular flexibility index (Phi) is 9.80. The van der Waals surface area contributed by atoms with E-state index in [0.717, 1.165) is 19.3 Å². The Bertz CT molecular complexity index is 292. The highest BCUT2D eigenvalue weighted by Gasteiger charge is 2.13. The Hall–Kier alpha value is -1.36. The number of amides is 1. The fraction of sp³-hybridized carbons (Fsp3) is 0.714. The van der Waals surface area contributed by atoms with Crippen LogP contribution in [0.25, 0.3) is 0 Å². The summed E-state index contributed by atoms with van der Waals surface area (Å²) in [6, 6.07) is -0.541. The van der Waals surface area contributed by atoms with Crippen LogP contribution in [0.1, 0.15) is 45.4 Å². The number of nitrogens with two attached hydrogens (primary N) is 1. The largest absolute Gasteiger partial charge is 0.481 e. The number of hydrogen-bond donors (Lipinski definition) is 3. The first-order valence-electron chi connectivity index (χ1n) is 6.87. The molecule has 0 saturated carbocycles. The van der Waals surface area contributed by atoms with Crippen molar-refractivity contribution < 1.29 is 14.7 Å². The summed E-state index contributed by atoms with van der Waals surface area (Å²) >= 11 is 0. The third kappa shape index (κ3) is 9.25. The molecule has 5 nitrogen and oxygen atoms in total. The van der Waals surface area contributed by atoms with Crippen molar-refractivity contribution in [3.05, 3.63) is 12.7 Å². The summed E-state index contributed by atoms with van der Waals surface area (Å²) in [6.45, 7) is 6.17. The fourth-order valence-electron chi connectivity index (χ4n) is 1.99. The van der Waals surface area contributed by atoms with Gasteiger partial charge in [0, 0.05) is 13.0 Å². The third-order valence-electron chi connectivity index (χ3n) is 3.07. The molecule has 0 aliphatic carbocycles. The van der Waals surface area contributed by atoms with Gasteiger partial charge in [-0.25, -0.2) is 0 Å². The molecule has 0 aliphatic heterocycles. The van der Waals surface area contributed by atoms with Gasteiger partial charge in [0.2, 0.25) is 5.91 Å². The number of carbonyl (C=O) groups excluding carboxylic acids is 1. The Labute approximate surface area is 115 Å². The van der Waals surface area contributed by atoms with Gasteiger partial charge in [-0.2, -0.15) is 0 Å². The molecule has 5 heteroatoms. The highest BCUT2D eigenvalue weighted by molar-refractivity contribution is 5.81. The first-order chi connectivity index (χ1) is 9.01. The lowest BCUT2D eigenvalue weighted by Gasteiger charge is -2.16. The molecule has 0 spiro atoms. The third-order valence-corrected chi connectivity index (χ3v) is 3.07. The van der Waals surface area contributed by atoms with Crippen LogP contribution < -0.4 is 11.1 Å². The monoisotopic (exact) mass is 270 g/mol. The molecule has 0 aromatic rings. The van der Waals surface area contributed by atoms with E-state index in [0.29, 0.717) is 25.3 Å². The van der Waals surface area contributed by atoms with Crippen LogP contribution in [-0.2, 0) is 9.59 Å². The number of carboxylic acids is 1. The Morgan fingerprint density at radius 2 is 2.05 bits per heavy atom. The van der Waals surface area contributed by atoms with Gasteiger partial charge in [-0.3, -0.25) is 9.59 Å². The molecule has 19 heavy (non-hydrogen) atoms. The topological polar surface area (TPSA) is 92.4 Å². The maximum atomic E-state index is 11.6. The summed E-state index contributed by atoms with van der Waals surface area (Å²) in [7, 11) is 0. The van der Waals surface area contributed by atoms with Gasteiger partial charge in [-0.05, 0) is 25.2 Å². The minimum atomic E-state index is -0.766. The molecule has 0 bridgehead atoms. The van der Waals surface area contributed by atoms with E-state index in [9.17, 15) is 9.59 Å². The maximum Gasteiger partial charge on any atom is 0.303 e. The van der Waals surface area contributed by atoms with Crippen molar-refractivity contribution in [2.75, 3.05) is 6.54 Å². The fourth-order valence-corrected chi connectivity index (χ4v) is 1.99. The van der Waals surface area contributed by atoms with Crippen LogP contribution in [0.15, 0.2) is 12.7 Å². The molecule has 2 unspecified atom stereocenters. The van der Waals surface area contributed by atoms with Crippen LogP contribution in [0.2, 0.25) is 0 Å². The zero-order valence-corrected chi connectivity index (χ0v) is 11.7. The van der Waals surface area contributed by atoms with Crippen LogP contribution in [0.4, 0.5) is 0 Å². The summed E-state index contributed by atoms with van der Waals surface area (Å²) in [5.41, 5.74) is 5.64. The molecule has 0 aromatic heterocycles. The lowest BCUT2D eigenvalue weighted by molar-refractivity contribution is -0.137. The summed E-state index contributed by atoms with van der Waals surface area (Å²) in [5.74, 6) is -0.594. The van der Waals surface area contributed by atoms with Crippen LogP contribution >= 0.6 is 0 Å². The van der Waals surface area contributed by atoms with Gasteiger partial charge >= 0.3 is 5.97 Å². The van der Waals surface area contributed by atoms with Gasteiger partial charge < -0.3 is 16.2 Å². The molecule has 0 aliphatic rings. The van der Waals surface area contributed by atoms with Gasteiger partial charge in [-0.1, -0.05) is 25.8 Å². The lowest BCUT2D eigenvalue weighted by atomic mass is 9.94. The zero-order valence-electron chi connectivity index (χ0n) is 11.7. The highest BCUT2D eigenvalue weighted by Crippen LogP contribution is 2.17. The zero-order chi connectivity index (χ0) is 14.7. The molecule has 2 atom stereocenters. The highest BCUT2D eigenvalue weighted by atomic mass is 16.4. The molecule has 0 aromatic carbocycles. The van der Waals surface area contributed by atoms with E-state index >= 15 is 0 Å². The normalized spacial score (nSPS) is 13.6. The number of nitrogens with one attached hydrogen (secondary N) is 1. The van der Waals surface area contributed by atoms with Crippen LogP contribution in [0.5, 0.6) is 0 Å². The van der Waals surface area contributed by atoms with Crippen molar-refractivity contribution in [2.45, 2.75) is 51.5 Å². The van der Waals surface area contributed by atoms with E-state index < -0.39 is 12.0 Å². The Balaban J connectivity index is 3.93. The van der Waals surface area contributed by atoms with Crippen molar-refractivity contribution in [3.63, 3.8) is 0 Å². The second-order valence-corrected chi connectivity index (χ2v) is 4.80. The molecule has 4 N–H and O–H groups in total. The molecule has 110 valence electrons. The van der Waals surface area contributed by atoms with E-state index in [2.05, 4.69) is 18.8 Å². The smallest absolute Gasteiger partial charge is 0.303 e. The minimum absolute atomic E-state index is 0.173. The molecule has 1 amide bonds. The quantitative estimate of drug-likeness (QED) is 0.498. The van der Waals surface area contributed by atoms with Gasteiger partial charge in [0.1, 0.15) is 0 Å². The maximum absolute atomic E-state index is 11.6. The molecule has 0 heterocycles. The minimum Gasteiger partial charge on any atom is -0.481 e. The van der Waals surface area contributed by atoms with E-state index in [1.807, 2.05) is 0 Å². The molecule has 0 rings (SSSR count). The van der Waals surface area contributed by atoms with Crippen molar-refractivity contribution in [3.8, 4) is 0 Å². The summed E-state index contributed by atoms with van der Waals surface area (Å²) in [6.07, 6.45) is 5.75. The predicted octanol–water partition coefficient (Wildman–Crippen LogP) is 1.68.